The van der Waals surface area contributed by atoms with Gasteiger partial charge in [-0.15, -0.1) is 0 Å². The van der Waals surface area contributed by atoms with Gasteiger partial charge in [0.25, 0.3) is 0 Å². The van der Waals surface area contributed by atoms with E-state index in [4.69, 9.17) is 4.98 Å². The average molecular weight is 288 g/mol. The molecule has 2 nitrogen and oxygen atoms in total. The molecule has 110 valence electrons. The van der Waals surface area contributed by atoms with Crippen LogP contribution in [0.5, 0.6) is 0 Å². The first-order valence-electron chi connectivity index (χ1n) is 7.67. The van der Waals surface area contributed by atoms with E-state index >= 15 is 0 Å². The zero-order valence-corrected chi connectivity index (χ0v) is 13.3. The van der Waals surface area contributed by atoms with Crippen LogP contribution in [0.3, 0.4) is 0 Å². The van der Waals surface area contributed by atoms with Gasteiger partial charge in [-0.25, -0.2) is 4.98 Å². The molecule has 1 aromatic carbocycles. The molecule has 2 aromatic heterocycles. The van der Waals surface area contributed by atoms with Gasteiger partial charge >= 0.3 is 0 Å². The van der Waals surface area contributed by atoms with Gasteiger partial charge in [-0.3, -0.25) is 4.98 Å². The molecule has 0 unspecified atom stereocenters. The summed E-state index contributed by atoms with van der Waals surface area (Å²) in [7, 11) is 0. The van der Waals surface area contributed by atoms with Crippen LogP contribution in [-0.2, 0) is 6.42 Å². The summed E-state index contributed by atoms with van der Waals surface area (Å²) in [4.78, 5) is 9.03. The van der Waals surface area contributed by atoms with E-state index in [1.807, 2.05) is 24.5 Å². The molecule has 22 heavy (non-hydrogen) atoms. The number of hydrogen-bond acceptors (Lipinski definition) is 2. The van der Waals surface area contributed by atoms with Gasteiger partial charge in [0.05, 0.1) is 11.2 Å². The second-order valence-corrected chi connectivity index (χ2v) is 5.72. The number of nitrogens with zero attached hydrogens (tertiary/aromatic N) is 2. The first-order valence-corrected chi connectivity index (χ1v) is 7.67. The number of rotatable bonds is 3. The second kappa shape index (κ2) is 6.10. The summed E-state index contributed by atoms with van der Waals surface area (Å²) in [5.41, 5.74) is 7.01. The third-order valence-corrected chi connectivity index (χ3v) is 3.76. The smallest absolute Gasteiger partial charge is 0.0747 e. The van der Waals surface area contributed by atoms with E-state index in [1.165, 1.54) is 22.1 Å². The zero-order chi connectivity index (χ0) is 15.5. The molecule has 3 rings (SSSR count). The molecule has 2 heteroatoms. The molecule has 0 saturated carbocycles. The van der Waals surface area contributed by atoms with Gasteiger partial charge in [-0.2, -0.15) is 0 Å². The number of benzene rings is 1. The minimum absolute atomic E-state index is 0.985. The highest BCUT2D eigenvalue weighted by molar-refractivity contribution is 5.92. The number of hydrogen-bond donors (Lipinski definition) is 0. The maximum atomic E-state index is 4.93. The normalized spacial score (nSPS) is 10.7. The molecule has 0 bridgehead atoms. The highest BCUT2D eigenvalue weighted by atomic mass is 14.7. The Balaban J connectivity index is 2.34. The summed E-state index contributed by atoms with van der Waals surface area (Å²) in [5.74, 6) is 0. The van der Waals surface area contributed by atoms with Gasteiger partial charge in [0.15, 0.2) is 0 Å². The Morgan fingerprint density at radius 2 is 1.86 bits per heavy atom. The topological polar surface area (TPSA) is 25.8 Å². The number of allylic oxidation sites excluding steroid dienone is 1. The molecule has 0 atom stereocenters. The van der Waals surface area contributed by atoms with Crippen LogP contribution in [0.1, 0.15) is 31.9 Å². The quantitative estimate of drug-likeness (QED) is 0.655. The minimum Gasteiger partial charge on any atom is -0.265 e. The molecule has 3 aromatic rings. The van der Waals surface area contributed by atoms with E-state index in [0.29, 0.717) is 0 Å². The summed E-state index contributed by atoms with van der Waals surface area (Å²) in [6.45, 7) is 6.43. The highest BCUT2D eigenvalue weighted by Crippen LogP contribution is 2.28. The van der Waals surface area contributed by atoms with Crippen molar-refractivity contribution in [3.05, 3.63) is 65.5 Å². The van der Waals surface area contributed by atoms with Crippen molar-refractivity contribution in [2.75, 3.05) is 0 Å². The zero-order valence-electron chi connectivity index (χ0n) is 13.3. The fraction of sp³-hybridized carbons (Fsp3) is 0.200. The molecule has 0 aliphatic carbocycles. The molecular formula is C20H20N2. The first-order chi connectivity index (χ1) is 10.7. The minimum atomic E-state index is 0.985. The fourth-order valence-electron chi connectivity index (χ4n) is 2.72. The van der Waals surface area contributed by atoms with Gasteiger partial charge in [0, 0.05) is 23.3 Å². The third-order valence-electron chi connectivity index (χ3n) is 3.76. The van der Waals surface area contributed by atoms with Crippen molar-refractivity contribution in [1.82, 2.24) is 9.97 Å². The number of pyridine rings is 2. The highest BCUT2D eigenvalue weighted by Gasteiger charge is 2.09. The van der Waals surface area contributed by atoms with E-state index in [-0.39, 0.29) is 0 Å². The Kier molecular flexibility index (Phi) is 4.01. The molecular weight excluding hydrogens is 268 g/mol. The maximum Gasteiger partial charge on any atom is 0.0747 e. The second-order valence-electron chi connectivity index (χ2n) is 5.72. The molecule has 0 aliphatic heterocycles. The van der Waals surface area contributed by atoms with Crippen LogP contribution in [0.4, 0.5) is 0 Å². The lowest BCUT2D eigenvalue weighted by molar-refractivity contribution is 1.14. The summed E-state index contributed by atoms with van der Waals surface area (Å²) in [6, 6.07) is 12.6. The van der Waals surface area contributed by atoms with E-state index in [0.717, 1.165) is 23.2 Å². The number of aryl methyl sites for hydroxylation is 1. The van der Waals surface area contributed by atoms with Crippen molar-refractivity contribution < 1.29 is 0 Å². The summed E-state index contributed by atoms with van der Waals surface area (Å²) in [5, 5.41) is 1.22. The molecule has 0 aliphatic rings. The van der Waals surface area contributed by atoms with Crippen molar-refractivity contribution in [2.24, 2.45) is 0 Å². The van der Waals surface area contributed by atoms with Gasteiger partial charge in [-0.05, 0) is 49.6 Å². The van der Waals surface area contributed by atoms with Crippen LogP contribution in [0.25, 0.3) is 28.2 Å². The lowest BCUT2D eigenvalue weighted by atomic mass is 9.99. The van der Waals surface area contributed by atoms with Crippen LogP contribution in [-0.4, -0.2) is 9.97 Å². The predicted octanol–water partition coefficient (Wildman–Crippen LogP) is 5.28. The van der Waals surface area contributed by atoms with Crippen molar-refractivity contribution >= 4 is 17.0 Å². The Hall–Kier alpha value is -2.48. The van der Waals surface area contributed by atoms with Crippen LogP contribution in [0.2, 0.25) is 0 Å². The maximum absolute atomic E-state index is 4.93. The SMILES string of the molecule is CCc1cccc2c(C=C(C)C)cc(-c3ccncc3)nc12. The van der Waals surface area contributed by atoms with Crippen LogP contribution in [0.15, 0.2) is 54.4 Å². The number of fused-ring (bicyclic) bond motifs is 1. The lowest BCUT2D eigenvalue weighted by Gasteiger charge is -2.10. The summed E-state index contributed by atoms with van der Waals surface area (Å²) >= 11 is 0. The molecule has 0 amide bonds. The van der Waals surface area contributed by atoms with Crippen molar-refractivity contribution in [1.29, 1.82) is 0 Å². The Morgan fingerprint density at radius 1 is 1.09 bits per heavy atom. The van der Waals surface area contributed by atoms with Gasteiger partial charge < -0.3 is 0 Å². The van der Waals surface area contributed by atoms with Crippen molar-refractivity contribution in [3.63, 3.8) is 0 Å². The van der Waals surface area contributed by atoms with Gasteiger partial charge in [0.2, 0.25) is 0 Å². The first kappa shape index (κ1) is 14.5. The van der Waals surface area contributed by atoms with Crippen LogP contribution < -0.4 is 0 Å². The van der Waals surface area contributed by atoms with E-state index < -0.39 is 0 Å². The Labute approximate surface area is 131 Å². The average Bonchev–Trinajstić information content (AvgIpc) is 2.54. The molecule has 0 spiro atoms. The van der Waals surface area contributed by atoms with E-state index in [2.05, 4.69) is 56.1 Å². The molecule has 2 heterocycles. The largest absolute Gasteiger partial charge is 0.265 e. The monoisotopic (exact) mass is 288 g/mol. The Bertz CT molecular complexity index is 829. The van der Waals surface area contributed by atoms with Crippen molar-refractivity contribution in [2.45, 2.75) is 27.2 Å². The summed E-state index contributed by atoms with van der Waals surface area (Å²) < 4.78 is 0. The standard InChI is InChI=1S/C20H20N2/c1-4-15-6-5-7-18-17(12-14(2)3)13-19(22-20(15)18)16-8-10-21-11-9-16/h5-13H,4H2,1-3H3. The van der Waals surface area contributed by atoms with Gasteiger partial charge in [0.1, 0.15) is 0 Å². The van der Waals surface area contributed by atoms with Crippen LogP contribution in [0, 0.1) is 0 Å². The molecule has 0 radical (unpaired) electrons. The molecule has 0 saturated heterocycles. The third kappa shape index (κ3) is 2.77. The van der Waals surface area contributed by atoms with E-state index in [9.17, 15) is 0 Å². The number of para-hydroxylation sites is 1. The van der Waals surface area contributed by atoms with Crippen LogP contribution >= 0.6 is 0 Å². The lowest BCUT2D eigenvalue weighted by Crippen LogP contribution is -1.93. The Morgan fingerprint density at radius 3 is 2.55 bits per heavy atom. The summed E-state index contributed by atoms with van der Waals surface area (Å²) in [6.07, 6.45) is 6.84. The number of aromatic nitrogens is 2. The van der Waals surface area contributed by atoms with E-state index in [1.54, 1.807) is 0 Å². The molecule has 0 N–H and O–H groups in total. The fourth-order valence-corrected chi connectivity index (χ4v) is 2.72. The van der Waals surface area contributed by atoms with Gasteiger partial charge in [-0.1, -0.05) is 36.8 Å². The predicted molar refractivity (Wildman–Crippen MR) is 93.7 cm³/mol. The van der Waals surface area contributed by atoms with Crippen molar-refractivity contribution in [3.8, 4) is 11.3 Å². The molecule has 0 fully saturated rings.